The molecule has 0 unspecified atom stereocenters. The molecule has 0 spiro atoms. The zero-order valence-electron chi connectivity index (χ0n) is 15.1. The van der Waals surface area contributed by atoms with Gasteiger partial charge in [-0.05, 0) is 48.9 Å². The Bertz CT molecular complexity index is 984. The third-order valence-electron chi connectivity index (χ3n) is 4.44. The number of carbonyl (C=O) groups excluding carboxylic acids is 2. The summed E-state index contributed by atoms with van der Waals surface area (Å²) >= 11 is 0. The van der Waals surface area contributed by atoms with Gasteiger partial charge in [0.2, 0.25) is 0 Å². The number of carboxylic acid groups (broad SMARTS) is 1. The van der Waals surface area contributed by atoms with E-state index in [1.165, 1.54) is 54.5 Å². The Balaban J connectivity index is 2.10. The van der Waals surface area contributed by atoms with Gasteiger partial charge < -0.3 is 15.2 Å². The zero-order valence-corrected chi connectivity index (χ0v) is 15.1. The number of nitrogens with zero attached hydrogens (tertiary/aromatic N) is 1. The van der Waals surface area contributed by atoms with E-state index in [4.69, 9.17) is 9.84 Å². The number of aromatic carboxylic acids is 1. The fraction of sp³-hybridized carbons (Fsp3) is 0.150. The largest absolute Gasteiger partial charge is 0.478 e. The molecule has 1 aliphatic rings. The first-order valence-corrected chi connectivity index (χ1v) is 8.32. The van der Waals surface area contributed by atoms with Crippen molar-refractivity contribution < 1.29 is 28.6 Å². The number of hydrogen-bond donors (Lipinski definition) is 2. The number of benzene rings is 2. The van der Waals surface area contributed by atoms with Crippen molar-refractivity contribution in [3.63, 3.8) is 0 Å². The van der Waals surface area contributed by atoms with Gasteiger partial charge in [-0.3, -0.25) is 4.90 Å². The molecule has 2 amide bonds. The van der Waals surface area contributed by atoms with Crippen LogP contribution < -0.4 is 10.2 Å². The van der Waals surface area contributed by atoms with Crippen molar-refractivity contribution in [3.05, 3.63) is 76.7 Å². The third kappa shape index (κ3) is 3.44. The van der Waals surface area contributed by atoms with Gasteiger partial charge >= 0.3 is 18.0 Å². The summed E-state index contributed by atoms with van der Waals surface area (Å²) in [5.74, 6) is -2.26. The van der Waals surface area contributed by atoms with Crippen molar-refractivity contribution in [2.75, 3.05) is 12.0 Å². The van der Waals surface area contributed by atoms with Gasteiger partial charge in [0, 0.05) is 5.70 Å². The van der Waals surface area contributed by atoms with Gasteiger partial charge in [0.05, 0.1) is 30.0 Å². The SMILES string of the molecule is COC(=O)C1=C(C)N(c2ccc(C(=O)O)cc2)C(=O)N[C@H]1c1cccc(F)c1. The van der Waals surface area contributed by atoms with Gasteiger partial charge in [0.25, 0.3) is 0 Å². The number of urea groups is 1. The average molecular weight is 384 g/mol. The molecule has 0 bridgehead atoms. The van der Waals surface area contributed by atoms with Crippen molar-refractivity contribution in [3.8, 4) is 0 Å². The van der Waals surface area contributed by atoms with Crippen molar-refractivity contribution >= 4 is 23.7 Å². The summed E-state index contributed by atoms with van der Waals surface area (Å²) in [7, 11) is 1.22. The van der Waals surface area contributed by atoms with Crippen LogP contribution in [-0.2, 0) is 9.53 Å². The highest BCUT2D eigenvalue weighted by Crippen LogP contribution is 2.34. The molecule has 0 saturated heterocycles. The molecule has 0 radical (unpaired) electrons. The molecule has 7 nitrogen and oxygen atoms in total. The fourth-order valence-electron chi connectivity index (χ4n) is 3.12. The van der Waals surface area contributed by atoms with E-state index in [9.17, 15) is 18.8 Å². The number of carboxylic acids is 1. The molecule has 1 atom stereocenters. The monoisotopic (exact) mass is 384 g/mol. The summed E-state index contributed by atoms with van der Waals surface area (Å²) in [5, 5.41) is 11.7. The Hall–Kier alpha value is -3.68. The van der Waals surface area contributed by atoms with Crippen LogP contribution >= 0.6 is 0 Å². The summed E-state index contributed by atoms with van der Waals surface area (Å²) in [5.41, 5.74) is 1.28. The maximum atomic E-state index is 13.7. The molecule has 0 fully saturated rings. The highest BCUT2D eigenvalue weighted by atomic mass is 19.1. The summed E-state index contributed by atoms with van der Waals surface area (Å²) in [6.45, 7) is 1.57. The lowest BCUT2D eigenvalue weighted by Gasteiger charge is -2.35. The summed E-state index contributed by atoms with van der Waals surface area (Å²) in [4.78, 5) is 37.5. The first-order valence-electron chi connectivity index (χ1n) is 8.32. The second-order valence-corrected chi connectivity index (χ2v) is 6.12. The molecule has 28 heavy (non-hydrogen) atoms. The lowest BCUT2D eigenvalue weighted by Crippen LogP contribution is -2.48. The van der Waals surface area contributed by atoms with Crippen LogP contribution in [0.25, 0.3) is 0 Å². The molecule has 8 heteroatoms. The molecule has 0 aromatic heterocycles. The first-order chi connectivity index (χ1) is 13.3. The molecule has 2 N–H and O–H groups in total. The second-order valence-electron chi connectivity index (χ2n) is 6.12. The van der Waals surface area contributed by atoms with E-state index < -0.39 is 29.8 Å². The molecule has 1 heterocycles. The molecular formula is C20H17FN2O5. The second kappa shape index (κ2) is 7.51. The maximum Gasteiger partial charge on any atom is 0.337 e. The minimum atomic E-state index is -1.09. The number of allylic oxidation sites excluding steroid dienone is 1. The van der Waals surface area contributed by atoms with E-state index >= 15 is 0 Å². The summed E-state index contributed by atoms with van der Waals surface area (Å²) < 4.78 is 18.5. The van der Waals surface area contributed by atoms with E-state index in [2.05, 4.69) is 5.32 Å². The Kier molecular flexibility index (Phi) is 5.12. The number of ether oxygens (including phenoxy) is 1. The van der Waals surface area contributed by atoms with E-state index in [1.54, 1.807) is 13.0 Å². The highest BCUT2D eigenvalue weighted by molar-refractivity contribution is 6.03. The Morgan fingerprint density at radius 2 is 1.86 bits per heavy atom. The van der Waals surface area contributed by atoms with Crippen LogP contribution in [0.2, 0.25) is 0 Å². The molecule has 2 aromatic rings. The van der Waals surface area contributed by atoms with Gasteiger partial charge in [-0.25, -0.2) is 18.8 Å². The number of carbonyl (C=O) groups is 3. The fourth-order valence-corrected chi connectivity index (χ4v) is 3.12. The van der Waals surface area contributed by atoms with Crippen molar-refractivity contribution in [1.82, 2.24) is 5.32 Å². The smallest absolute Gasteiger partial charge is 0.337 e. The normalized spacial score (nSPS) is 16.6. The highest BCUT2D eigenvalue weighted by Gasteiger charge is 2.37. The molecule has 144 valence electrons. The predicted molar refractivity (Wildman–Crippen MR) is 98.3 cm³/mol. The molecule has 3 rings (SSSR count). The van der Waals surface area contributed by atoms with Crippen LogP contribution in [-0.4, -0.2) is 30.2 Å². The van der Waals surface area contributed by atoms with Crippen molar-refractivity contribution in [2.45, 2.75) is 13.0 Å². The number of rotatable bonds is 4. The van der Waals surface area contributed by atoms with E-state index in [0.717, 1.165) is 0 Å². The maximum absolute atomic E-state index is 13.7. The molecule has 2 aromatic carbocycles. The van der Waals surface area contributed by atoms with Crippen molar-refractivity contribution in [2.24, 2.45) is 0 Å². The van der Waals surface area contributed by atoms with Crippen LogP contribution in [0.15, 0.2) is 59.8 Å². The van der Waals surface area contributed by atoms with Crippen LogP contribution in [0.3, 0.4) is 0 Å². The number of nitrogens with one attached hydrogen (secondary N) is 1. The number of hydrogen-bond acceptors (Lipinski definition) is 4. The lowest BCUT2D eigenvalue weighted by molar-refractivity contribution is -0.136. The topological polar surface area (TPSA) is 95.9 Å². The third-order valence-corrected chi connectivity index (χ3v) is 4.44. The standard InChI is InChI=1S/C20H17FN2O5/c1-11-16(19(26)28-2)17(13-4-3-5-14(21)10-13)22-20(27)23(11)15-8-6-12(7-9-15)18(24)25/h3-10,17H,1-2H3,(H,22,27)(H,24,25)/t17-/m0/s1. The minimum absolute atomic E-state index is 0.0635. The van der Waals surface area contributed by atoms with Crippen molar-refractivity contribution in [1.29, 1.82) is 0 Å². The van der Waals surface area contributed by atoms with Gasteiger partial charge in [-0.2, -0.15) is 0 Å². The van der Waals surface area contributed by atoms with Crippen LogP contribution in [0.4, 0.5) is 14.9 Å². The average Bonchev–Trinajstić information content (AvgIpc) is 2.67. The predicted octanol–water partition coefficient (Wildman–Crippen LogP) is 3.24. The van der Waals surface area contributed by atoms with Gasteiger partial charge in [0.15, 0.2) is 0 Å². The van der Waals surface area contributed by atoms with Crippen LogP contribution in [0.5, 0.6) is 0 Å². The Morgan fingerprint density at radius 3 is 2.43 bits per heavy atom. The van der Waals surface area contributed by atoms with Gasteiger partial charge in [0.1, 0.15) is 5.82 Å². The first kappa shape index (κ1) is 19.1. The van der Waals surface area contributed by atoms with Crippen LogP contribution in [0.1, 0.15) is 28.9 Å². The summed E-state index contributed by atoms with van der Waals surface area (Å²) in [6, 6.07) is 9.79. The number of anilines is 1. The molecule has 0 saturated carbocycles. The number of esters is 1. The van der Waals surface area contributed by atoms with Gasteiger partial charge in [-0.1, -0.05) is 12.1 Å². The number of halogens is 1. The van der Waals surface area contributed by atoms with E-state index in [1.807, 2.05) is 0 Å². The summed E-state index contributed by atoms with van der Waals surface area (Å²) in [6.07, 6.45) is 0. The number of amides is 2. The Labute approximate surface area is 160 Å². The lowest BCUT2D eigenvalue weighted by atomic mass is 9.94. The van der Waals surface area contributed by atoms with E-state index in [-0.39, 0.29) is 11.1 Å². The quantitative estimate of drug-likeness (QED) is 0.789. The van der Waals surface area contributed by atoms with Gasteiger partial charge in [-0.15, -0.1) is 0 Å². The molecule has 1 aliphatic heterocycles. The van der Waals surface area contributed by atoms with E-state index in [0.29, 0.717) is 16.9 Å². The van der Waals surface area contributed by atoms with Crippen LogP contribution in [0, 0.1) is 5.82 Å². The molecular weight excluding hydrogens is 367 g/mol. The zero-order chi connectivity index (χ0) is 20.4. The Morgan fingerprint density at radius 1 is 1.18 bits per heavy atom. The minimum Gasteiger partial charge on any atom is -0.478 e. The number of methoxy groups -OCH3 is 1. The molecule has 0 aliphatic carbocycles.